The first-order valence-electron chi connectivity index (χ1n) is 9.51. The lowest BCUT2D eigenvalue weighted by molar-refractivity contribution is -0.123. The number of methoxy groups -OCH3 is 1. The van der Waals surface area contributed by atoms with Crippen LogP contribution in [0.2, 0.25) is 0 Å². The molecular weight excluding hydrogens is 382 g/mol. The maximum Gasteiger partial charge on any atom is 0.257 e. The molecule has 7 heteroatoms. The number of ether oxygens (including phenoxy) is 2. The van der Waals surface area contributed by atoms with E-state index in [-0.39, 0.29) is 18.3 Å². The van der Waals surface area contributed by atoms with Gasteiger partial charge in [0.25, 0.3) is 5.91 Å². The van der Waals surface area contributed by atoms with Crippen molar-refractivity contribution in [2.24, 2.45) is 0 Å². The summed E-state index contributed by atoms with van der Waals surface area (Å²) >= 11 is 0. The minimum Gasteiger partial charge on any atom is -0.493 e. The summed E-state index contributed by atoms with van der Waals surface area (Å²) in [6.07, 6.45) is 6.67. The molecule has 1 heterocycles. The molecule has 0 unspecified atom stereocenters. The smallest absolute Gasteiger partial charge is 0.257 e. The number of aromatic nitrogens is 2. The molecule has 0 spiro atoms. The van der Waals surface area contributed by atoms with Crippen molar-refractivity contribution in [3.05, 3.63) is 78.1 Å². The fourth-order valence-electron chi connectivity index (χ4n) is 2.85. The predicted molar refractivity (Wildman–Crippen MR) is 114 cm³/mol. The van der Waals surface area contributed by atoms with E-state index >= 15 is 0 Å². The van der Waals surface area contributed by atoms with E-state index < -0.39 is 0 Å². The maximum atomic E-state index is 12.8. The molecule has 154 valence electrons. The van der Waals surface area contributed by atoms with Crippen molar-refractivity contribution in [3.8, 4) is 17.2 Å². The Bertz CT molecular complexity index is 1040. The van der Waals surface area contributed by atoms with Crippen molar-refractivity contribution < 1.29 is 19.1 Å². The van der Waals surface area contributed by atoms with Gasteiger partial charge in [0.05, 0.1) is 12.8 Å². The van der Waals surface area contributed by atoms with Gasteiger partial charge in [-0.05, 0) is 48.9 Å². The van der Waals surface area contributed by atoms with Gasteiger partial charge >= 0.3 is 0 Å². The van der Waals surface area contributed by atoms with Crippen LogP contribution in [0.4, 0.5) is 0 Å². The van der Waals surface area contributed by atoms with Gasteiger partial charge in [0, 0.05) is 24.5 Å². The number of nitrogens with zero attached hydrogens (tertiary/aromatic N) is 2. The van der Waals surface area contributed by atoms with E-state index in [2.05, 4.69) is 10.4 Å². The normalized spacial score (nSPS) is 10.7. The van der Waals surface area contributed by atoms with Crippen LogP contribution >= 0.6 is 0 Å². The molecule has 0 aliphatic heterocycles. The molecule has 0 radical (unpaired) electrons. The van der Waals surface area contributed by atoms with Gasteiger partial charge in [-0.25, -0.2) is 4.68 Å². The second-order valence-corrected chi connectivity index (χ2v) is 6.32. The topological polar surface area (TPSA) is 82.5 Å². The Hall–Kier alpha value is -3.87. The molecule has 0 aliphatic carbocycles. The summed E-state index contributed by atoms with van der Waals surface area (Å²) in [7, 11) is 1.52. The lowest BCUT2D eigenvalue weighted by Gasteiger charge is -2.11. The lowest BCUT2D eigenvalue weighted by atomic mass is 10.1. The number of nitrogens with one attached hydrogen (secondary N) is 1. The molecule has 3 aromatic rings. The number of amides is 1. The predicted octanol–water partition coefficient (Wildman–Crippen LogP) is 3.29. The number of benzene rings is 2. The van der Waals surface area contributed by atoms with Crippen LogP contribution in [0.5, 0.6) is 11.5 Å². The number of likely N-dealkylation sites (N-methyl/N-ethyl adjacent to an activating group) is 1. The van der Waals surface area contributed by atoms with Crippen molar-refractivity contribution >= 4 is 17.8 Å². The summed E-state index contributed by atoms with van der Waals surface area (Å²) in [5.41, 5.74) is 2.03. The molecule has 1 amide bonds. The molecule has 0 fully saturated rings. The van der Waals surface area contributed by atoms with E-state index in [4.69, 9.17) is 9.47 Å². The van der Waals surface area contributed by atoms with Crippen molar-refractivity contribution in [1.29, 1.82) is 0 Å². The Morgan fingerprint density at radius 3 is 2.70 bits per heavy atom. The van der Waals surface area contributed by atoms with Gasteiger partial charge in [-0.2, -0.15) is 5.10 Å². The van der Waals surface area contributed by atoms with Crippen LogP contribution < -0.4 is 14.8 Å². The Kier molecular flexibility index (Phi) is 7.00. The lowest BCUT2D eigenvalue weighted by Crippen LogP contribution is -2.28. The third kappa shape index (κ3) is 5.14. The number of para-hydroxylation sites is 1. The average molecular weight is 405 g/mol. The highest BCUT2D eigenvalue weighted by atomic mass is 16.5. The monoisotopic (exact) mass is 405 g/mol. The summed E-state index contributed by atoms with van der Waals surface area (Å²) in [5.74, 6) is 0.587. The number of ketones is 1. The van der Waals surface area contributed by atoms with Gasteiger partial charge in [0.15, 0.2) is 23.9 Å². The fraction of sp³-hybridized carbons (Fsp3) is 0.174. The van der Waals surface area contributed by atoms with Crippen molar-refractivity contribution in [2.45, 2.75) is 6.92 Å². The molecule has 0 atom stereocenters. The van der Waals surface area contributed by atoms with Crippen LogP contribution in [0.25, 0.3) is 11.8 Å². The number of carbonyl (C=O) groups excluding carboxylic acids is 2. The van der Waals surface area contributed by atoms with E-state index in [0.717, 1.165) is 5.56 Å². The molecule has 0 aliphatic rings. The molecule has 1 N–H and O–H groups in total. The third-order valence-corrected chi connectivity index (χ3v) is 4.27. The molecule has 30 heavy (non-hydrogen) atoms. The Morgan fingerprint density at radius 2 is 1.97 bits per heavy atom. The Morgan fingerprint density at radius 1 is 1.13 bits per heavy atom. The summed E-state index contributed by atoms with van der Waals surface area (Å²) < 4.78 is 12.5. The van der Waals surface area contributed by atoms with Crippen LogP contribution in [0, 0.1) is 0 Å². The molecule has 3 rings (SSSR count). The second-order valence-electron chi connectivity index (χ2n) is 6.32. The zero-order valence-electron chi connectivity index (χ0n) is 16.9. The molecule has 2 aromatic carbocycles. The molecule has 0 bridgehead atoms. The van der Waals surface area contributed by atoms with Gasteiger partial charge in [-0.3, -0.25) is 9.59 Å². The number of allylic oxidation sites excluding steroid dienone is 1. The number of hydrogen-bond donors (Lipinski definition) is 1. The Labute approximate surface area is 174 Å². The molecule has 0 saturated carbocycles. The van der Waals surface area contributed by atoms with Crippen LogP contribution in [0.3, 0.4) is 0 Å². The third-order valence-electron chi connectivity index (χ3n) is 4.27. The van der Waals surface area contributed by atoms with Gasteiger partial charge in [-0.1, -0.05) is 24.3 Å². The molecular formula is C23H23N3O4. The largest absolute Gasteiger partial charge is 0.493 e. The van der Waals surface area contributed by atoms with Gasteiger partial charge in [0.2, 0.25) is 0 Å². The number of carbonyl (C=O) groups is 2. The van der Waals surface area contributed by atoms with Gasteiger partial charge in [0.1, 0.15) is 0 Å². The van der Waals surface area contributed by atoms with E-state index in [9.17, 15) is 9.59 Å². The zero-order valence-corrected chi connectivity index (χ0v) is 16.9. The fourth-order valence-corrected chi connectivity index (χ4v) is 2.85. The molecule has 0 saturated heterocycles. The highest BCUT2D eigenvalue weighted by Crippen LogP contribution is 2.28. The van der Waals surface area contributed by atoms with Crippen LogP contribution in [0.1, 0.15) is 22.8 Å². The van der Waals surface area contributed by atoms with E-state index in [1.807, 2.05) is 25.1 Å². The minimum atomic E-state index is -0.204. The van der Waals surface area contributed by atoms with Crippen molar-refractivity contribution in [2.75, 3.05) is 20.3 Å². The first-order valence-corrected chi connectivity index (χ1v) is 9.51. The van der Waals surface area contributed by atoms with Crippen LogP contribution in [-0.4, -0.2) is 41.7 Å². The average Bonchev–Trinajstić information content (AvgIpc) is 3.31. The van der Waals surface area contributed by atoms with Gasteiger partial charge < -0.3 is 14.8 Å². The summed E-state index contributed by atoms with van der Waals surface area (Å²) in [5, 5.41) is 6.87. The summed E-state index contributed by atoms with van der Waals surface area (Å²) in [6.45, 7) is 2.29. The number of hydrogen-bond acceptors (Lipinski definition) is 5. The highest BCUT2D eigenvalue weighted by Gasteiger charge is 2.11. The number of rotatable bonds is 9. The quantitative estimate of drug-likeness (QED) is 0.436. The van der Waals surface area contributed by atoms with Crippen LogP contribution in [-0.2, 0) is 4.79 Å². The first-order chi connectivity index (χ1) is 14.6. The zero-order chi connectivity index (χ0) is 21.3. The summed E-state index contributed by atoms with van der Waals surface area (Å²) in [6, 6.07) is 14.3. The van der Waals surface area contributed by atoms with Crippen LogP contribution in [0.15, 0.2) is 67.0 Å². The molecule has 1 aromatic heterocycles. The minimum absolute atomic E-state index is 0.0952. The maximum absolute atomic E-state index is 12.8. The second kappa shape index (κ2) is 10.1. The van der Waals surface area contributed by atoms with Gasteiger partial charge in [-0.15, -0.1) is 0 Å². The SMILES string of the molecule is CCNC(=O)COc1ccc(/C=C/C(=O)c2ccccc2-n2cccn2)cc1OC. The first kappa shape index (κ1) is 20.9. The van der Waals surface area contributed by atoms with E-state index in [1.165, 1.54) is 13.2 Å². The Balaban J connectivity index is 1.75. The summed E-state index contributed by atoms with van der Waals surface area (Å²) in [4.78, 5) is 24.3. The van der Waals surface area contributed by atoms with Crippen molar-refractivity contribution in [1.82, 2.24) is 15.1 Å². The van der Waals surface area contributed by atoms with E-state index in [0.29, 0.717) is 29.3 Å². The van der Waals surface area contributed by atoms with E-state index in [1.54, 1.807) is 53.5 Å². The molecule has 7 nitrogen and oxygen atoms in total. The standard InChI is InChI=1S/C23H23N3O4/c1-3-24-23(28)16-30-21-12-10-17(15-22(21)29-2)9-11-20(27)18-7-4-5-8-19(18)26-14-6-13-25-26/h4-15H,3,16H2,1-2H3,(H,24,28)/b11-9+. The van der Waals surface area contributed by atoms with Crippen molar-refractivity contribution in [3.63, 3.8) is 0 Å². The highest BCUT2D eigenvalue weighted by molar-refractivity contribution is 6.09.